The minimum Gasteiger partial charge on any atom is -0.383 e. The Hall–Kier alpha value is -1.33. The molecule has 1 amide bonds. The third-order valence-corrected chi connectivity index (χ3v) is 3.90. The van der Waals surface area contributed by atoms with E-state index in [1.54, 1.807) is 7.11 Å². The van der Waals surface area contributed by atoms with Crippen LogP contribution in [-0.4, -0.2) is 54.8 Å². The molecular formula is C15H25N3O2. The number of hydrogen-bond donors (Lipinski definition) is 1. The second kappa shape index (κ2) is 7.45. The predicted octanol–water partition coefficient (Wildman–Crippen LogP) is 1.35. The minimum absolute atomic E-state index is 0.127. The lowest BCUT2D eigenvalue weighted by atomic mass is 10.1. The van der Waals surface area contributed by atoms with Gasteiger partial charge in [0, 0.05) is 39.0 Å². The highest BCUT2D eigenvalue weighted by atomic mass is 16.5. The lowest BCUT2D eigenvalue weighted by Crippen LogP contribution is -2.49. The van der Waals surface area contributed by atoms with E-state index >= 15 is 0 Å². The molecule has 1 aromatic heterocycles. The molecule has 0 aliphatic carbocycles. The van der Waals surface area contributed by atoms with E-state index in [0.717, 1.165) is 38.2 Å². The van der Waals surface area contributed by atoms with Gasteiger partial charge in [0.1, 0.15) is 5.69 Å². The molecule has 1 aliphatic heterocycles. The van der Waals surface area contributed by atoms with Crippen LogP contribution in [-0.2, 0) is 11.3 Å². The molecule has 0 aromatic carbocycles. The lowest BCUT2D eigenvalue weighted by Gasteiger charge is -2.34. The van der Waals surface area contributed by atoms with Crippen LogP contribution < -0.4 is 5.32 Å². The summed E-state index contributed by atoms with van der Waals surface area (Å²) in [7, 11) is 1.68. The number of piperidine rings is 1. The van der Waals surface area contributed by atoms with Crippen LogP contribution in [0.2, 0.25) is 0 Å². The standard InChI is InChI=1S/C15H25N3O2/c1-3-18(13-6-4-8-16-12-13)15(19)14-7-5-9-17(14)10-11-20-2/h5,7,9,13,16H,3-4,6,8,10-12H2,1-2H3. The molecule has 20 heavy (non-hydrogen) atoms. The first-order valence-corrected chi connectivity index (χ1v) is 7.43. The molecule has 1 fully saturated rings. The second-order valence-electron chi connectivity index (χ2n) is 5.17. The molecular weight excluding hydrogens is 254 g/mol. The molecule has 1 unspecified atom stereocenters. The number of nitrogens with zero attached hydrogens (tertiary/aromatic N) is 2. The maximum Gasteiger partial charge on any atom is 0.270 e. The summed E-state index contributed by atoms with van der Waals surface area (Å²) in [5.74, 6) is 0.127. The largest absolute Gasteiger partial charge is 0.383 e. The Morgan fingerprint density at radius 3 is 3.10 bits per heavy atom. The summed E-state index contributed by atoms with van der Waals surface area (Å²) in [5.41, 5.74) is 0.759. The first-order chi connectivity index (χ1) is 9.77. The number of hydrogen-bond acceptors (Lipinski definition) is 3. The molecule has 1 atom stereocenters. The van der Waals surface area contributed by atoms with Gasteiger partial charge in [0.15, 0.2) is 0 Å². The van der Waals surface area contributed by atoms with Crippen LogP contribution in [0.5, 0.6) is 0 Å². The van der Waals surface area contributed by atoms with E-state index in [0.29, 0.717) is 19.2 Å². The number of nitrogens with one attached hydrogen (secondary N) is 1. The van der Waals surface area contributed by atoms with Gasteiger partial charge in [-0.1, -0.05) is 0 Å². The summed E-state index contributed by atoms with van der Waals surface area (Å²) in [6, 6.07) is 4.14. The van der Waals surface area contributed by atoms with Crippen molar-refractivity contribution in [3.05, 3.63) is 24.0 Å². The van der Waals surface area contributed by atoms with Crippen LogP contribution in [0.15, 0.2) is 18.3 Å². The number of amides is 1. The van der Waals surface area contributed by atoms with Crippen molar-refractivity contribution in [2.45, 2.75) is 32.4 Å². The number of carbonyl (C=O) groups is 1. The van der Waals surface area contributed by atoms with Crippen LogP contribution in [0, 0.1) is 0 Å². The fourth-order valence-corrected chi connectivity index (χ4v) is 2.81. The summed E-state index contributed by atoms with van der Waals surface area (Å²) in [5, 5.41) is 3.38. The van der Waals surface area contributed by atoms with Gasteiger partial charge >= 0.3 is 0 Å². The van der Waals surface area contributed by atoms with Crippen LogP contribution in [0.4, 0.5) is 0 Å². The molecule has 0 spiro atoms. The quantitative estimate of drug-likeness (QED) is 0.855. The molecule has 0 radical (unpaired) electrons. The van der Waals surface area contributed by atoms with Gasteiger partial charge in [-0.25, -0.2) is 0 Å². The molecule has 1 aliphatic rings. The summed E-state index contributed by atoms with van der Waals surface area (Å²) in [4.78, 5) is 14.7. The SMILES string of the molecule is CCN(C(=O)c1cccn1CCOC)C1CCCNC1. The number of aromatic nitrogens is 1. The molecule has 112 valence electrons. The van der Waals surface area contributed by atoms with Gasteiger partial charge in [-0.2, -0.15) is 0 Å². The Morgan fingerprint density at radius 1 is 1.60 bits per heavy atom. The number of methoxy groups -OCH3 is 1. The highest BCUT2D eigenvalue weighted by Crippen LogP contribution is 2.15. The van der Waals surface area contributed by atoms with E-state index in [-0.39, 0.29) is 5.91 Å². The van der Waals surface area contributed by atoms with Gasteiger partial charge in [-0.05, 0) is 38.4 Å². The third kappa shape index (κ3) is 3.41. The van der Waals surface area contributed by atoms with Crippen LogP contribution in [0.3, 0.4) is 0 Å². The van der Waals surface area contributed by atoms with E-state index < -0.39 is 0 Å². The predicted molar refractivity (Wildman–Crippen MR) is 78.9 cm³/mol. The number of rotatable bonds is 6. The first kappa shape index (κ1) is 15.1. The van der Waals surface area contributed by atoms with Crippen molar-refractivity contribution >= 4 is 5.91 Å². The smallest absolute Gasteiger partial charge is 0.270 e. The fourth-order valence-electron chi connectivity index (χ4n) is 2.81. The summed E-state index contributed by atoms with van der Waals surface area (Å²) in [6.07, 6.45) is 4.17. The van der Waals surface area contributed by atoms with E-state index in [1.807, 2.05) is 27.8 Å². The average Bonchev–Trinajstić information content (AvgIpc) is 2.95. The van der Waals surface area contributed by atoms with Gasteiger partial charge in [-0.15, -0.1) is 0 Å². The maximum absolute atomic E-state index is 12.8. The minimum atomic E-state index is 0.127. The van der Waals surface area contributed by atoms with E-state index in [4.69, 9.17) is 4.74 Å². The van der Waals surface area contributed by atoms with Crippen molar-refractivity contribution in [1.82, 2.24) is 14.8 Å². The molecule has 2 heterocycles. The molecule has 1 saturated heterocycles. The van der Waals surface area contributed by atoms with E-state index in [2.05, 4.69) is 12.2 Å². The summed E-state index contributed by atoms with van der Waals surface area (Å²) >= 11 is 0. The molecule has 5 heteroatoms. The first-order valence-electron chi connectivity index (χ1n) is 7.43. The van der Waals surface area contributed by atoms with Gasteiger partial charge < -0.3 is 19.5 Å². The van der Waals surface area contributed by atoms with Gasteiger partial charge in [0.2, 0.25) is 0 Å². The fraction of sp³-hybridized carbons (Fsp3) is 0.667. The average molecular weight is 279 g/mol. The van der Waals surface area contributed by atoms with Gasteiger partial charge in [0.25, 0.3) is 5.91 Å². The number of ether oxygens (including phenoxy) is 1. The van der Waals surface area contributed by atoms with E-state index in [9.17, 15) is 4.79 Å². The summed E-state index contributed by atoms with van der Waals surface area (Å²) < 4.78 is 7.07. The Labute approximate surface area is 120 Å². The molecule has 1 aromatic rings. The molecule has 2 rings (SSSR count). The molecule has 1 N–H and O–H groups in total. The Balaban J connectivity index is 2.09. The van der Waals surface area contributed by atoms with Gasteiger partial charge in [0.05, 0.1) is 6.61 Å². The van der Waals surface area contributed by atoms with Crippen LogP contribution in [0.1, 0.15) is 30.3 Å². The van der Waals surface area contributed by atoms with Gasteiger partial charge in [-0.3, -0.25) is 4.79 Å². The van der Waals surface area contributed by atoms with Crippen LogP contribution in [0.25, 0.3) is 0 Å². The van der Waals surface area contributed by atoms with Crippen molar-refractivity contribution in [3.63, 3.8) is 0 Å². The van der Waals surface area contributed by atoms with Crippen molar-refractivity contribution in [3.8, 4) is 0 Å². The third-order valence-electron chi connectivity index (χ3n) is 3.90. The zero-order valence-electron chi connectivity index (χ0n) is 12.5. The summed E-state index contributed by atoms with van der Waals surface area (Å²) in [6.45, 7) is 6.09. The molecule has 0 saturated carbocycles. The van der Waals surface area contributed by atoms with Crippen LogP contribution >= 0.6 is 0 Å². The highest BCUT2D eigenvalue weighted by Gasteiger charge is 2.26. The zero-order valence-corrected chi connectivity index (χ0v) is 12.5. The zero-order chi connectivity index (χ0) is 14.4. The van der Waals surface area contributed by atoms with Crippen molar-refractivity contribution in [1.29, 1.82) is 0 Å². The van der Waals surface area contributed by atoms with Crippen molar-refractivity contribution < 1.29 is 9.53 Å². The second-order valence-corrected chi connectivity index (χ2v) is 5.17. The maximum atomic E-state index is 12.8. The Morgan fingerprint density at radius 2 is 2.45 bits per heavy atom. The highest BCUT2D eigenvalue weighted by molar-refractivity contribution is 5.93. The Bertz CT molecular complexity index is 425. The normalized spacial score (nSPS) is 19.0. The number of likely N-dealkylation sites (N-methyl/N-ethyl adjacent to an activating group) is 1. The van der Waals surface area contributed by atoms with E-state index in [1.165, 1.54) is 0 Å². The number of carbonyl (C=O) groups excluding carboxylic acids is 1. The lowest BCUT2D eigenvalue weighted by molar-refractivity contribution is 0.0648. The topological polar surface area (TPSA) is 46.5 Å². The monoisotopic (exact) mass is 279 g/mol. The Kier molecular flexibility index (Phi) is 5.61. The molecule has 0 bridgehead atoms. The molecule has 5 nitrogen and oxygen atoms in total. The van der Waals surface area contributed by atoms with Crippen molar-refractivity contribution in [2.75, 3.05) is 33.4 Å². The van der Waals surface area contributed by atoms with Crippen molar-refractivity contribution in [2.24, 2.45) is 0 Å².